The number of carbonyl (C=O) groups is 1. The highest BCUT2D eigenvalue weighted by Crippen LogP contribution is 2.25. The van der Waals surface area contributed by atoms with Crippen LogP contribution in [0.25, 0.3) is 0 Å². The third-order valence-electron chi connectivity index (χ3n) is 3.92. The molecule has 0 saturated carbocycles. The first kappa shape index (κ1) is 16.4. The van der Waals surface area contributed by atoms with Gasteiger partial charge in [0.15, 0.2) is 0 Å². The molecular formula is C14H28N2O3. The molecule has 0 bridgehead atoms. The minimum Gasteiger partial charge on any atom is -0.381 e. The molecule has 0 radical (unpaired) electrons. The molecule has 1 unspecified atom stereocenters. The third kappa shape index (κ3) is 4.75. The molecule has 3 N–H and O–H groups in total. The summed E-state index contributed by atoms with van der Waals surface area (Å²) in [5.41, 5.74) is 5.21. The maximum Gasteiger partial charge on any atom is 0.249 e. The van der Waals surface area contributed by atoms with Crippen LogP contribution in [-0.4, -0.2) is 42.9 Å². The molecule has 1 heterocycles. The van der Waals surface area contributed by atoms with Crippen LogP contribution in [0.1, 0.15) is 47.0 Å². The molecule has 5 nitrogen and oxygen atoms in total. The fraction of sp³-hybridized carbons (Fsp3) is 0.929. The van der Waals surface area contributed by atoms with Crippen LogP contribution in [0.2, 0.25) is 0 Å². The molecule has 112 valence electrons. The van der Waals surface area contributed by atoms with Gasteiger partial charge in [0.25, 0.3) is 0 Å². The highest BCUT2D eigenvalue weighted by Gasteiger charge is 2.36. The molecule has 1 aliphatic heterocycles. The maximum absolute atomic E-state index is 12.1. The molecule has 1 rings (SSSR count). The number of nitrogens with two attached hydrogens (primary N) is 1. The van der Waals surface area contributed by atoms with Crippen molar-refractivity contribution in [2.75, 3.05) is 19.8 Å². The molecule has 1 saturated heterocycles. The number of carbonyl (C=O) groups excluding carboxylic acids is 1. The quantitative estimate of drug-likeness (QED) is 0.762. The second kappa shape index (κ2) is 6.68. The summed E-state index contributed by atoms with van der Waals surface area (Å²) in [5, 5.41) is 3.00. The first-order valence-corrected chi connectivity index (χ1v) is 7.12. The number of hydrogen-bond acceptors (Lipinski definition) is 4. The Balaban J connectivity index is 2.57. The van der Waals surface area contributed by atoms with Crippen molar-refractivity contribution < 1.29 is 14.3 Å². The second-order valence-electron chi connectivity index (χ2n) is 5.99. The molecule has 0 spiro atoms. The van der Waals surface area contributed by atoms with Crippen molar-refractivity contribution in [3.63, 3.8) is 0 Å². The van der Waals surface area contributed by atoms with E-state index in [0.717, 1.165) is 19.3 Å². The van der Waals surface area contributed by atoms with Gasteiger partial charge in [0, 0.05) is 38.1 Å². The van der Waals surface area contributed by atoms with Gasteiger partial charge in [0.1, 0.15) is 6.10 Å². The third-order valence-corrected chi connectivity index (χ3v) is 3.92. The van der Waals surface area contributed by atoms with Gasteiger partial charge in [-0.05, 0) is 27.2 Å². The first-order chi connectivity index (χ1) is 8.84. The lowest BCUT2D eigenvalue weighted by molar-refractivity contribution is -0.159. The van der Waals surface area contributed by atoms with Crippen LogP contribution in [0, 0.1) is 0 Å². The number of ether oxygens (including phenoxy) is 2. The predicted molar refractivity (Wildman–Crippen MR) is 74.9 cm³/mol. The number of rotatable bonds is 6. The Morgan fingerprint density at radius 3 is 2.53 bits per heavy atom. The summed E-state index contributed by atoms with van der Waals surface area (Å²) < 4.78 is 11.3. The van der Waals surface area contributed by atoms with Gasteiger partial charge in [-0.3, -0.25) is 4.79 Å². The smallest absolute Gasteiger partial charge is 0.249 e. The van der Waals surface area contributed by atoms with E-state index >= 15 is 0 Å². The molecule has 19 heavy (non-hydrogen) atoms. The number of amides is 1. The van der Waals surface area contributed by atoms with Crippen LogP contribution in [-0.2, 0) is 14.3 Å². The Labute approximate surface area is 116 Å². The van der Waals surface area contributed by atoms with Crippen LogP contribution in [0.15, 0.2) is 0 Å². The van der Waals surface area contributed by atoms with Crippen LogP contribution < -0.4 is 11.1 Å². The largest absolute Gasteiger partial charge is 0.381 e. The summed E-state index contributed by atoms with van der Waals surface area (Å²) >= 11 is 0. The van der Waals surface area contributed by atoms with Crippen molar-refractivity contribution in [2.24, 2.45) is 5.73 Å². The molecule has 0 aromatic rings. The van der Waals surface area contributed by atoms with Crippen molar-refractivity contribution in [1.29, 1.82) is 0 Å². The average Bonchev–Trinajstić information content (AvgIpc) is 2.39. The lowest BCUT2D eigenvalue weighted by atomic mass is 9.94. The predicted octanol–water partition coefficient (Wildman–Crippen LogP) is 1.20. The Morgan fingerprint density at radius 2 is 2.05 bits per heavy atom. The van der Waals surface area contributed by atoms with E-state index in [4.69, 9.17) is 15.2 Å². The molecule has 0 aliphatic carbocycles. The zero-order valence-corrected chi connectivity index (χ0v) is 12.6. The van der Waals surface area contributed by atoms with Crippen LogP contribution in [0.5, 0.6) is 0 Å². The van der Waals surface area contributed by atoms with Crippen LogP contribution in [0.3, 0.4) is 0 Å². The molecule has 1 amide bonds. The Kier molecular flexibility index (Phi) is 5.77. The van der Waals surface area contributed by atoms with Gasteiger partial charge in [0.05, 0.1) is 5.60 Å². The van der Waals surface area contributed by atoms with E-state index in [1.54, 1.807) is 6.92 Å². The van der Waals surface area contributed by atoms with Gasteiger partial charge in [-0.1, -0.05) is 6.92 Å². The zero-order chi connectivity index (χ0) is 14.5. The molecular weight excluding hydrogens is 244 g/mol. The van der Waals surface area contributed by atoms with E-state index in [-0.39, 0.29) is 11.4 Å². The lowest BCUT2D eigenvalue weighted by Crippen LogP contribution is -2.53. The highest BCUT2D eigenvalue weighted by molar-refractivity contribution is 5.81. The first-order valence-electron chi connectivity index (χ1n) is 7.12. The maximum atomic E-state index is 12.1. The molecule has 0 aromatic carbocycles. The van der Waals surface area contributed by atoms with E-state index in [9.17, 15) is 4.79 Å². The summed E-state index contributed by atoms with van der Waals surface area (Å²) in [6, 6.07) is 0. The van der Waals surface area contributed by atoms with Crippen molar-refractivity contribution in [3.05, 3.63) is 0 Å². The molecule has 1 atom stereocenters. The van der Waals surface area contributed by atoms with E-state index in [0.29, 0.717) is 19.8 Å². The van der Waals surface area contributed by atoms with Gasteiger partial charge >= 0.3 is 0 Å². The fourth-order valence-electron chi connectivity index (χ4n) is 2.07. The SMILES string of the molecule is CCC(C)(C)NC(=O)C(C)OC1(CN)CCOCC1. The van der Waals surface area contributed by atoms with Gasteiger partial charge in [-0.15, -0.1) is 0 Å². The van der Waals surface area contributed by atoms with Gasteiger partial charge in [-0.25, -0.2) is 0 Å². The standard InChI is InChI=1S/C14H28N2O3/c1-5-13(3,4)16-12(17)11(2)19-14(10-15)6-8-18-9-7-14/h11H,5-10,15H2,1-4H3,(H,16,17). The minimum absolute atomic E-state index is 0.0776. The van der Waals surface area contributed by atoms with E-state index < -0.39 is 11.7 Å². The summed E-state index contributed by atoms with van der Waals surface area (Å²) in [6.45, 7) is 9.55. The van der Waals surface area contributed by atoms with Gasteiger partial charge < -0.3 is 20.5 Å². The number of hydrogen-bond donors (Lipinski definition) is 2. The Morgan fingerprint density at radius 1 is 1.47 bits per heavy atom. The van der Waals surface area contributed by atoms with E-state index in [2.05, 4.69) is 5.32 Å². The fourth-order valence-corrected chi connectivity index (χ4v) is 2.07. The van der Waals surface area contributed by atoms with Gasteiger partial charge in [-0.2, -0.15) is 0 Å². The summed E-state index contributed by atoms with van der Waals surface area (Å²) in [5.74, 6) is -0.0776. The minimum atomic E-state index is -0.493. The summed E-state index contributed by atoms with van der Waals surface area (Å²) in [4.78, 5) is 12.1. The van der Waals surface area contributed by atoms with Crippen LogP contribution >= 0.6 is 0 Å². The molecule has 5 heteroatoms. The second-order valence-corrected chi connectivity index (χ2v) is 5.99. The summed E-state index contributed by atoms with van der Waals surface area (Å²) in [6.07, 6.45) is 1.88. The van der Waals surface area contributed by atoms with Crippen LogP contribution in [0.4, 0.5) is 0 Å². The van der Waals surface area contributed by atoms with Gasteiger partial charge in [0.2, 0.25) is 5.91 Å². The van der Waals surface area contributed by atoms with Crippen molar-refractivity contribution in [2.45, 2.75) is 64.2 Å². The Bertz CT molecular complexity index is 299. The molecule has 1 fully saturated rings. The molecule has 0 aromatic heterocycles. The Hall–Kier alpha value is -0.650. The zero-order valence-electron chi connectivity index (χ0n) is 12.6. The van der Waals surface area contributed by atoms with E-state index in [1.807, 2.05) is 20.8 Å². The van der Waals surface area contributed by atoms with Crippen molar-refractivity contribution >= 4 is 5.91 Å². The number of nitrogens with one attached hydrogen (secondary N) is 1. The highest BCUT2D eigenvalue weighted by atomic mass is 16.5. The lowest BCUT2D eigenvalue weighted by Gasteiger charge is -2.38. The molecule has 1 aliphatic rings. The normalized spacial score (nSPS) is 20.9. The monoisotopic (exact) mass is 272 g/mol. The summed E-state index contributed by atoms with van der Waals surface area (Å²) in [7, 11) is 0. The van der Waals surface area contributed by atoms with Crippen molar-refractivity contribution in [3.8, 4) is 0 Å². The average molecular weight is 272 g/mol. The van der Waals surface area contributed by atoms with E-state index in [1.165, 1.54) is 0 Å². The van der Waals surface area contributed by atoms with Crippen molar-refractivity contribution in [1.82, 2.24) is 5.32 Å². The topological polar surface area (TPSA) is 73.6 Å².